The highest BCUT2D eigenvalue weighted by Gasteiger charge is 2.33. The highest BCUT2D eigenvalue weighted by molar-refractivity contribution is 5.94. The monoisotopic (exact) mass is 293 g/mol. The Hall–Kier alpha value is -1.96. The van der Waals surface area contributed by atoms with Gasteiger partial charge in [0.15, 0.2) is 5.69 Å². The number of aromatic nitrogens is 3. The Bertz CT molecular complexity index is 540. The molecule has 8 heteroatoms. The number of carbonyl (C=O) groups is 2. The second-order valence-corrected chi connectivity index (χ2v) is 5.60. The summed E-state index contributed by atoms with van der Waals surface area (Å²) >= 11 is 0. The average molecular weight is 293 g/mol. The Labute approximate surface area is 122 Å². The molecule has 114 valence electrons. The van der Waals surface area contributed by atoms with Gasteiger partial charge in [0.2, 0.25) is 0 Å². The number of nitrogens with zero attached hydrogens (tertiary/aromatic N) is 4. The molecule has 2 N–H and O–H groups in total. The van der Waals surface area contributed by atoms with Crippen LogP contribution < -0.4 is 5.32 Å². The standard InChI is InChI=1S/C13H19N5O3/c19-12(10-8-18(16-15-10)9-6-14-7-9)17-5-3-1-2-4-11(17)13(20)21/h8-9,11,14H,1-7H2,(H,20,21). The Kier molecular flexibility index (Phi) is 3.87. The minimum absolute atomic E-state index is 0.232. The summed E-state index contributed by atoms with van der Waals surface area (Å²) < 4.78 is 1.68. The van der Waals surface area contributed by atoms with Crippen LogP contribution in [-0.2, 0) is 4.79 Å². The van der Waals surface area contributed by atoms with Crippen LogP contribution in [0.3, 0.4) is 0 Å². The van der Waals surface area contributed by atoms with Gasteiger partial charge in [0.25, 0.3) is 5.91 Å². The van der Waals surface area contributed by atoms with E-state index in [1.165, 1.54) is 4.90 Å². The van der Waals surface area contributed by atoms with Crippen molar-refractivity contribution in [1.29, 1.82) is 0 Å². The molecule has 1 aromatic rings. The van der Waals surface area contributed by atoms with Gasteiger partial charge >= 0.3 is 5.97 Å². The fourth-order valence-electron chi connectivity index (χ4n) is 2.77. The van der Waals surface area contributed by atoms with Crippen LogP contribution in [0.15, 0.2) is 6.20 Å². The van der Waals surface area contributed by atoms with E-state index in [1.807, 2.05) is 0 Å². The second kappa shape index (κ2) is 5.80. The van der Waals surface area contributed by atoms with Crippen molar-refractivity contribution in [2.24, 2.45) is 0 Å². The van der Waals surface area contributed by atoms with Crippen molar-refractivity contribution < 1.29 is 14.7 Å². The van der Waals surface area contributed by atoms with E-state index in [0.717, 1.165) is 32.4 Å². The number of nitrogens with one attached hydrogen (secondary N) is 1. The lowest BCUT2D eigenvalue weighted by atomic mass is 10.1. The molecule has 2 saturated heterocycles. The molecule has 1 amide bonds. The summed E-state index contributed by atoms with van der Waals surface area (Å²) in [5.74, 6) is -1.27. The van der Waals surface area contributed by atoms with Gasteiger partial charge in [-0.05, 0) is 12.8 Å². The predicted molar refractivity (Wildman–Crippen MR) is 72.9 cm³/mol. The fraction of sp³-hybridized carbons (Fsp3) is 0.692. The number of aliphatic carboxylic acids is 1. The van der Waals surface area contributed by atoms with Crippen LogP contribution in [0.1, 0.15) is 42.2 Å². The van der Waals surface area contributed by atoms with Gasteiger partial charge in [-0.1, -0.05) is 18.1 Å². The van der Waals surface area contributed by atoms with Gasteiger partial charge in [-0.25, -0.2) is 9.48 Å². The second-order valence-electron chi connectivity index (χ2n) is 5.60. The van der Waals surface area contributed by atoms with Crippen molar-refractivity contribution in [3.63, 3.8) is 0 Å². The molecule has 8 nitrogen and oxygen atoms in total. The Morgan fingerprint density at radius 3 is 2.76 bits per heavy atom. The third-order valence-corrected chi connectivity index (χ3v) is 4.16. The zero-order valence-corrected chi connectivity index (χ0v) is 11.7. The van der Waals surface area contributed by atoms with E-state index >= 15 is 0 Å². The zero-order chi connectivity index (χ0) is 14.8. The van der Waals surface area contributed by atoms with E-state index in [0.29, 0.717) is 13.0 Å². The fourth-order valence-corrected chi connectivity index (χ4v) is 2.77. The number of hydrogen-bond donors (Lipinski definition) is 2. The van der Waals surface area contributed by atoms with Crippen molar-refractivity contribution >= 4 is 11.9 Å². The first kappa shape index (κ1) is 14.0. The van der Waals surface area contributed by atoms with Crippen LogP contribution in [0.25, 0.3) is 0 Å². The van der Waals surface area contributed by atoms with Crippen LogP contribution in [0.2, 0.25) is 0 Å². The molecule has 0 bridgehead atoms. The van der Waals surface area contributed by atoms with Crippen LogP contribution in [0.5, 0.6) is 0 Å². The van der Waals surface area contributed by atoms with Crippen molar-refractivity contribution in [1.82, 2.24) is 25.2 Å². The Morgan fingerprint density at radius 2 is 2.10 bits per heavy atom. The molecule has 0 aromatic carbocycles. The third-order valence-electron chi connectivity index (χ3n) is 4.16. The molecule has 0 radical (unpaired) electrons. The minimum Gasteiger partial charge on any atom is -0.480 e. The number of rotatable bonds is 3. The molecule has 3 rings (SSSR count). The summed E-state index contributed by atoms with van der Waals surface area (Å²) in [5.41, 5.74) is 0.232. The summed E-state index contributed by atoms with van der Waals surface area (Å²) in [6.45, 7) is 2.10. The molecule has 0 spiro atoms. The van der Waals surface area contributed by atoms with E-state index in [9.17, 15) is 14.7 Å². The van der Waals surface area contributed by atoms with Crippen molar-refractivity contribution in [3.05, 3.63) is 11.9 Å². The van der Waals surface area contributed by atoms with Crippen molar-refractivity contribution in [2.45, 2.75) is 37.8 Å². The number of carboxylic acids is 1. The molecule has 21 heavy (non-hydrogen) atoms. The van der Waals surface area contributed by atoms with Crippen molar-refractivity contribution in [2.75, 3.05) is 19.6 Å². The first-order valence-electron chi connectivity index (χ1n) is 7.33. The highest BCUT2D eigenvalue weighted by Crippen LogP contribution is 2.19. The largest absolute Gasteiger partial charge is 0.480 e. The van der Waals surface area contributed by atoms with Gasteiger partial charge in [-0.15, -0.1) is 5.10 Å². The quantitative estimate of drug-likeness (QED) is 0.806. The third kappa shape index (κ3) is 2.76. The molecular weight excluding hydrogens is 274 g/mol. The van der Waals surface area contributed by atoms with Crippen LogP contribution in [0.4, 0.5) is 0 Å². The normalized spacial score (nSPS) is 23.4. The summed E-state index contributed by atoms with van der Waals surface area (Å²) in [4.78, 5) is 25.4. The SMILES string of the molecule is O=C(O)C1CCCCCN1C(=O)c1cn(C2CNC2)nn1. The van der Waals surface area contributed by atoms with Gasteiger partial charge < -0.3 is 15.3 Å². The van der Waals surface area contributed by atoms with Gasteiger partial charge in [-0.3, -0.25) is 4.79 Å². The minimum atomic E-state index is -0.944. The van der Waals surface area contributed by atoms with Gasteiger partial charge in [-0.2, -0.15) is 0 Å². The van der Waals surface area contributed by atoms with Crippen molar-refractivity contribution in [3.8, 4) is 0 Å². The molecule has 0 saturated carbocycles. The Balaban J connectivity index is 1.77. The van der Waals surface area contributed by atoms with E-state index in [4.69, 9.17) is 0 Å². The smallest absolute Gasteiger partial charge is 0.326 e. The molecule has 0 aliphatic carbocycles. The summed E-state index contributed by atoms with van der Waals surface area (Å²) in [6, 6.07) is -0.519. The molecule has 2 aliphatic heterocycles. The lowest BCUT2D eigenvalue weighted by molar-refractivity contribution is -0.142. The Morgan fingerprint density at radius 1 is 1.29 bits per heavy atom. The van der Waals surface area contributed by atoms with Crippen LogP contribution in [0, 0.1) is 0 Å². The van der Waals surface area contributed by atoms with E-state index in [-0.39, 0.29) is 17.6 Å². The maximum absolute atomic E-state index is 12.5. The zero-order valence-electron chi connectivity index (χ0n) is 11.7. The average Bonchev–Trinajstić information content (AvgIpc) is 2.72. The number of carboxylic acid groups (broad SMARTS) is 1. The topological polar surface area (TPSA) is 100 Å². The van der Waals surface area contributed by atoms with E-state index in [1.54, 1.807) is 10.9 Å². The molecule has 1 aromatic heterocycles. The summed E-state index contributed by atoms with van der Waals surface area (Å²) in [7, 11) is 0. The van der Waals surface area contributed by atoms with Crippen LogP contribution >= 0.6 is 0 Å². The molecule has 3 heterocycles. The molecule has 1 atom stereocenters. The van der Waals surface area contributed by atoms with Gasteiger partial charge in [0.1, 0.15) is 6.04 Å². The molecule has 1 unspecified atom stereocenters. The lowest BCUT2D eigenvalue weighted by Crippen LogP contribution is -2.45. The molecular formula is C13H19N5O3. The maximum atomic E-state index is 12.5. The predicted octanol–water partition coefficient (Wildman–Crippen LogP) is -0.108. The number of hydrogen-bond acceptors (Lipinski definition) is 5. The number of amides is 1. The van der Waals surface area contributed by atoms with Gasteiger partial charge in [0, 0.05) is 19.6 Å². The molecule has 2 aliphatic rings. The first-order valence-corrected chi connectivity index (χ1v) is 7.33. The highest BCUT2D eigenvalue weighted by atomic mass is 16.4. The van der Waals surface area contributed by atoms with E-state index < -0.39 is 12.0 Å². The number of carbonyl (C=O) groups excluding carboxylic acids is 1. The maximum Gasteiger partial charge on any atom is 0.326 e. The molecule has 2 fully saturated rings. The van der Waals surface area contributed by atoms with E-state index in [2.05, 4.69) is 15.6 Å². The first-order chi connectivity index (χ1) is 10.2. The summed E-state index contributed by atoms with van der Waals surface area (Å²) in [6.07, 6.45) is 4.74. The number of likely N-dealkylation sites (tertiary alicyclic amines) is 1. The van der Waals surface area contributed by atoms with Gasteiger partial charge in [0.05, 0.1) is 12.2 Å². The lowest BCUT2D eigenvalue weighted by Gasteiger charge is -2.27. The summed E-state index contributed by atoms with van der Waals surface area (Å²) in [5, 5.41) is 20.4. The van der Waals surface area contributed by atoms with Crippen LogP contribution in [-0.4, -0.2) is 62.6 Å².